The summed E-state index contributed by atoms with van der Waals surface area (Å²) in [5, 5.41) is 4.18. The molecule has 0 bridgehead atoms. The van der Waals surface area contributed by atoms with Gasteiger partial charge in [0.2, 0.25) is 0 Å². The first kappa shape index (κ1) is 9.80. The predicted octanol–water partition coefficient (Wildman–Crippen LogP) is 1.09. The number of rotatable bonds is 2. The van der Waals surface area contributed by atoms with E-state index in [0.29, 0.717) is 0 Å². The molecule has 0 amide bonds. The second-order valence-corrected chi connectivity index (χ2v) is 5.07. The van der Waals surface area contributed by atoms with Crippen molar-refractivity contribution in [3.8, 4) is 0 Å². The second kappa shape index (κ2) is 4.09. The molecule has 0 spiro atoms. The smallest absolute Gasteiger partial charge is 0.184 e. The molecule has 0 aromatic carbocycles. The van der Waals surface area contributed by atoms with Crippen molar-refractivity contribution in [1.29, 1.82) is 0 Å². The summed E-state index contributed by atoms with van der Waals surface area (Å²) in [6, 6.07) is 0. The summed E-state index contributed by atoms with van der Waals surface area (Å²) < 4.78 is 0.178. The van der Waals surface area contributed by atoms with Crippen molar-refractivity contribution in [2.75, 3.05) is 5.75 Å². The molecular weight excluding hydrogens is 190 g/mol. The SMILES string of the molecule is CC1(/C=N/NC(N)=S)CCCS1. The third kappa shape index (κ3) is 2.98. The average Bonchev–Trinajstić information content (AvgIpc) is 2.35. The molecule has 1 aliphatic rings. The molecule has 12 heavy (non-hydrogen) atoms. The van der Waals surface area contributed by atoms with Crippen LogP contribution >= 0.6 is 24.0 Å². The van der Waals surface area contributed by atoms with Gasteiger partial charge in [-0.1, -0.05) is 0 Å². The van der Waals surface area contributed by atoms with Crippen LogP contribution in [0.1, 0.15) is 19.8 Å². The van der Waals surface area contributed by atoms with Gasteiger partial charge in [-0.2, -0.15) is 5.10 Å². The van der Waals surface area contributed by atoms with Crippen molar-refractivity contribution in [2.24, 2.45) is 10.8 Å². The monoisotopic (exact) mass is 203 g/mol. The Morgan fingerprint density at radius 2 is 2.58 bits per heavy atom. The summed E-state index contributed by atoms with van der Waals surface area (Å²) in [5.74, 6) is 1.22. The van der Waals surface area contributed by atoms with E-state index >= 15 is 0 Å². The van der Waals surface area contributed by atoms with Crippen molar-refractivity contribution in [2.45, 2.75) is 24.5 Å². The Morgan fingerprint density at radius 3 is 3.08 bits per heavy atom. The van der Waals surface area contributed by atoms with Gasteiger partial charge in [-0.15, -0.1) is 11.8 Å². The molecule has 1 aliphatic heterocycles. The van der Waals surface area contributed by atoms with Crippen molar-refractivity contribution < 1.29 is 0 Å². The van der Waals surface area contributed by atoms with Gasteiger partial charge in [0.25, 0.3) is 0 Å². The van der Waals surface area contributed by atoms with Crippen molar-refractivity contribution in [3.05, 3.63) is 0 Å². The minimum Gasteiger partial charge on any atom is -0.375 e. The lowest BCUT2D eigenvalue weighted by Crippen LogP contribution is -2.26. The molecule has 0 aromatic heterocycles. The molecule has 68 valence electrons. The van der Waals surface area contributed by atoms with Crippen molar-refractivity contribution in [1.82, 2.24) is 5.43 Å². The van der Waals surface area contributed by atoms with E-state index in [2.05, 4.69) is 29.7 Å². The molecule has 5 heteroatoms. The summed E-state index contributed by atoms with van der Waals surface area (Å²) in [4.78, 5) is 0. The van der Waals surface area contributed by atoms with E-state index in [0.717, 1.165) is 0 Å². The first-order valence-corrected chi connectivity index (χ1v) is 5.25. The van der Waals surface area contributed by atoms with E-state index in [-0.39, 0.29) is 9.86 Å². The lowest BCUT2D eigenvalue weighted by molar-refractivity contribution is 0.761. The zero-order valence-electron chi connectivity index (χ0n) is 7.04. The van der Waals surface area contributed by atoms with Gasteiger partial charge in [-0.05, 0) is 37.7 Å². The number of hydrazone groups is 1. The summed E-state index contributed by atoms with van der Waals surface area (Å²) in [7, 11) is 0. The highest BCUT2D eigenvalue weighted by Crippen LogP contribution is 2.35. The number of hydrogen-bond donors (Lipinski definition) is 2. The highest BCUT2D eigenvalue weighted by Gasteiger charge is 2.27. The fourth-order valence-corrected chi connectivity index (χ4v) is 2.36. The molecule has 0 saturated carbocycles. The zero-order valence-corrected chi connectivity index (χ0v) is 8.67. The van der Waals surface area contributed by atoms with E-state index in [4.69, 9.17) is 5.73 Å². The number of thioether (sulfide) groups is 1. The van der Waals surface area contributed by atoms with Crippen LogP contribution in [0.15, 0.2) is 5.10 Å². The molecule has 1 heterocycles. The largest absolute Gasteiger partial charge is 0.375 e. The number of nitrogens with one attached hydrogen (secondary N) is 1. The average molecular weight is 203 g/mol. The third-order valence-corrected chi connectivity index (χ3v) is 3.31. The highest BCUT2D eigenvalue weighted by atomic mass is 32.2. The van der Waals surface area contributed by atoms with Gasteiger partial charge in [0, 0.05) is 6.21 Å². The first-order valence-electron chi connectivity index (χ1n) is 3.86. The maximum Gasteiger partial charge on any atom is 0.184 e. The Kier molecular flexibility index (Phi) is 3.34. The number of nitrogens with two attached hydrogens (primary N) is 1. The lowest BCUT2D eigenvalue weighted by atomic mass is 10.1. The van der Waals surface area contributed by atoms with Gasteiger partial charge in [0.15, 0.2) is 5.11 Å². The van der Waals surface area contributed by atoms with Crippen LogP contribution in [0, 0.1) is 0 Å². The Morgan fingerprint density at radius 1 is 1.83 bits per heavy atom. The van der Waals surface area contributed by atoms with E-state index in [9.17, 15) is 0 Å². The molecule has 0 aromatic rings. The Labute approximate surface area is 82.2 Å². The summed E-state index contributed by atoms with van der Waals surface area (Å²) in [6.07, 6.45) is 4.34. The maximum atomic E-state index is 5.22. The van der Waals surface area contributed by atoms with E-state index in [1.807, 2.05) is 18.0 Å². The van der Waals surface area contributed by atoms with Gasteiger partial charge in [0.05, 0.1) is 4.75 Å². The minimum absolute atomic E-state index is 0.178. The molecule has 1 atom stereocenters. The second-order valence-electron chi connectivity index (χ2n) is 3.00. The van der Waals surface area contributed by atoms with Crippen LogP contribution in [0.4, 0.5) is 0 Å². The summed E-state index contributed by atoms with van der Waals surface area (Å²) in [6.45, 7) is 2.18. The van der Waals surface area contributed by atoms with E-state index < -0.39 is 0 Å². The zero-order chi connectivity index (χ0) is 9.03. The molecule has 3 N–H and O–H groups in total. The summed E-state index contributed by atoms with van der Waals surface area (Å²) in [5.41, 5.74) is 7.78. The van der Waals surface area contributed by atoms with E-state index in [1.165, 1.54) is 18.6 Å². The normalized spacial score (nSPS) is 29.4. The Bertz CT molecular complexity index is 197. The van der Waals surface area contributed by atoms with Gasteiger partial charge >= 0.3 is 0 Å². The molecule has 3 nitrogen and oxygen atoms in total. The van der Waals surface area contributed by atoms with Crippen LogP contribution in [0.3, 0.4) is 0 Å². The first-order chi connectivity index (χ1) is 5.62. The predicted molar refractivity (Wildman–Crippen MR) is 58.5 cm³/mol. The fourth-order valence-electron chi connectivity index (χ4n) is 1.13. The van der Waals surface area contributed by atoms with E-state index in [1.54, 1.807) is 0 Å². The standard InChI is InChI=1S/C7H13N3S2/c1-7(3-2-4-12-7)5-9-10-6(8)11/h5H,2-4H2,1H3,(H3,8,10,11)/b9-5+. The third-order valence-electron chi connectivity index (χ3n) is 1.76. The van der Waals surface area contributed by atoms with Crippen molar-refractivity contribution >= 4 is 35.3 Å². The molecular formula is C7H13N3S2. The molecule has 0 radical (unpaired) electrons. The highest BCUT2D eigenvalue weighted by molar-refractivity contribution is 8.01. The quantitative estimate of drug-likeness (QED) is 0.401. The topological polar surface area (TPSA) is 50.4 Å². The van der Waals surface area contributed by atoms with Gasteiger partial charge < -0.3 is 5.73 Å². The molecule has 0 aliphatic carbocycles. The minimum atomic E-state index is 0.178. The molecule has 1 saturated heterocycles. The van der Waals surface area contributed by atoms with Gasteiger partial charge in [-0.25, -0.2) is 0 Å². The Balaban J connectivity index is 2.38. The lowest BCUT2D eigenvalue weighted by Gasteiger charge is -2.15. The van der Waals surface area contributed by atoms with Crippen LogP contribution in [0.5, 0.6) is 0 Å². The number of thiocarbonyl (C=S) groups is 1. The number of hydrogen-bond acceptors (Lipinski definition) is 3. The van der Waals surface area contributed by atoms with Crippen LogP contribution in [0.25, 0.3) is 0 Å². The van der Waals surface area contributed by atoms with Crippen LogP contribution < -0.4 is 11.2 Å². The van der Waals surface area contributed by atoms with Gasteiger partial charge in [0.1, 0.15) is 0 Å². The van der Waals surface area contributed by atoms with Crippen LogP contribution in [-0.2, 0) is 0 Å². The maximum absolute atomic E-state index is 5.22. The summed E-state index contributed by atoms with van der Waals surface area (Å²) >= 11 is 6.54. The van der Waals surface area contributed by atoms with Crippen LogP contribution in [-0.4, -0.2) is 21.8 Å². The molecule has 1 unspecified atom stereocenters. The fraction of sp³-hybridized carbons (Fsp3) is 0.714. The molecule has 1 rings (SSSR count). The molecule has 1 fully saturated rings. The van der Waals surface area contributed by atoms with Gasteiger partial charge in [-0.3, -0.25) is 5.43 Å². The Hall–Kier alpha value is -0.290. The van der Waals surface area contributed by atoms with Crippen molar-refractivity contribution in [3.63, 3.8) is 0 Å². The number of nitrogens with zero attached hydrogens (tertiary/aromatic N) is 1. The van der Waals surface area contributed by atoms with Crippen LogP contribution in [0.2, 0.25) is 0 Å².